The fraction of sp³-hybridized carbons (Fsp3) is 0.533. The van der Waals surface area contributed by atoms with Crippen LogP contribution in [0.4, 0.5) is 5.69 Å². The lowest BCUT2D eigenvalue weighted by molar-refractivity contribution is -0.121. The van der Waals surface area contributed by atoms with Crippen LogP contribution in [0, 0.1) is 5.92 Å². The molecule has 20 heavy (non-hydrogen) atoms. The van der Waals surface area contributed by atoms with Gasteiger partial charge in [0.2, 0.25) is 5.91 Å². The first-order chi connectivity index (χ1) is 9.74. The fourth-order valence-corrected chi connectivity index (χ4v) is 2.18. The van der Waals surface area contributed by atoms with Crippen LogP contribution in [-0.4, -0.2) is 32.3 Å². The molecule has 2 rings (SSSR count). The van der Waals surface area contributed by atoms with Crippen molar-refractivity contribution in [3.05, 3.63) is 24.3 Å². The predicted octanol–water partition coefficient (Wildman–Crippen LogP) is 1.58. The number of ether oxygens (including phenoxy) is 2. The third-order valence-electron chi connectivity index (χ3n) is 3.35. The smallest absolute Gasteiger partial charge is 0.223 e. The number of nitrogen functional groups attached to an aromatic ring is 1. The second kappa shape index (κ2) is 7.75. The summed E-state index contributed by atoms with van der Waals surface area (Å²) in [4.78, 5) is 11.6. The molecule has 0 spiro atoms. The number of anilines is 1. The van der Waals surface area contributed by atoms with Gasteiger partial charge in [-0.15, -0.1) is 0 Å². The number of carbonyl (C=O) groups excluding carboxylic acids is 1. The van der Waals surface area contributed by atoms with Crippen LogP contribution in [0.5, 0.6) is 5.75 Å². The Morgan fingerprint density at radius 3 is 3.15 bits per heavy atom. The maximum Gasteiger partial charge on any atom is 0.223 e. The molecule has 1 heterocycles. The number of hydrogen-bond donors (Lipinski definition) is 2. The molecule has 1 atom stereocenters. The van der Waals surface area contributed by atoms with E-state index >= 15 is 0 Å². The summed E-state index contributed by atoms with van der Waals surface area (Å²) in [5.74, 6) is 1.31. The van der Waals surface area contributed by atoms with E-state index in [1.165, 1.54) is 0 Å². The monoisotopic (exact) mass is 278 g/mol. The van der Waals surface area contributed by atoms with E-state index < -0.39 is 0 Å². The van der Waals surface area contributed by atoms with Crippen molar-refractivity contribution < 1.29 is 14.3 Å². The average Bonchev–Trinajstić information content (AvgIpc) is 2.92. The highest BCUT2D eigenvalue weighted by Gasteiger charge is 2.15. The Bertz CT molecular complexity index is 431. The summed E-state index contributed by atoms with van der Waals surface area (Å²) in [5, 5.41) is 2.91. The lowest BCUT2D eigenvalue weighted by Crippen LogP contribution is -2.27. The molecule has 0 aromatic heterocycles. The standard InChI is InChI=1S/C15H22N2O3/c16-13-2-1-3-14(10-13)20-9-6-15(18)17-7-4-12-5-8-19-11-12/h1-3,10,12H,4-9,11,16H2,(H,17,18). The number of amides is 1. The van der Waals surface area contributed by atoms with E-state index in [2.05, 4.69) is 5.32 Å². The van der Waals surface area contributed by atoms with Gasteiger partial charge in [0.25, 0.3) is 0 Å². The predicted molar refractivity (Wildman–Crippen MR) is 77.5 cm³/mol. The number of nitrogens with two attached hydrogens (primary N) is 1. The quantitative estimate of drug-likeness (QED) is 0.743. The van der Waals surface area contributed by atoms with E-state index in [-0.39, 0.29) is 5.91 Å². The lowest BCUT2D eigenvalue weighted by atomic mass is 10.1. The number of rotatable bonds is 7. The van der Waals surface area contributed by atoms with Crippen LogP contribution in [0.3, 0.4) is 0 Å². The van der Waals surface area contributed by atoms with Crippen molar-refractivity contribution in [1.29, 1.82) is 0 Å². The summed E-state index contributed by atoms with van der Waals surface area (Å²) in [7, 11) is 0. The summed E-state index contributed by atoms with van der Waals surface area (Å²) in [6.45, 7) is 2.76. The largest absolute Gasteiger partial charge is 0.493 e. The van der Waals surface area contributed by atoms with Gasteiger partial charge in [-0.3, -0.25) is 4.79 Å². The van der Waals surface area contributed by atoms with Gasteiger partial charge < -0.3 is 20.5 Å². The third kappa shape index (κ3) is 5.09. The zero-order chi connectivity index (χ0) is 14.2. The maximum atomic E-state index is 11.6. The Balaban J connectivity index is 1.55. The second-order valence-corrected chi connectivity index (χ2v) is 5.04. The topological polar surface area (TPSA) is 73.6 Å². The Morgan fingerprint density at radius 2 is 2.40 bits per heavy atom. The van der Waals surface area contributed by atoms with E-state index in [4.69, 9.17) is 15.2 Å². The molecule has 1 fully saturated rings. The van der Waals surface area contributed by atoms with Gasteiger partial charge in [-0.25, -0.2) is 0 Å². The summed E-state index contributed by atoms with van der Waals surface area (Å²) in [5.41, 5.74) is 6.30. The highest BCUT2D eigenvalue weighted by molar-refractivity contribution is 5.75. The van der Waals surface area contributed by atoms with Crippen molar-refractivity contribution in [1.82, 2.24) is 5.32 Å². The van der Waals surface area contributed by atoms with Crippen molar-refractivity contribution in [2.45, 2.75) is 19.3 Å². The number of nitrogens with one attached hydrogen (secondary N) is 1. The molecule has 1 amide bonds. The van der Waals surface area contributed by atoms with Crippen LogP contribution in [0.15, 0.2) is 24.3 Å². The van der Waals surface area contributed by atoms with Gasteiger partial charge in [0.15, 0.2) is 0 Å². The van der Waals surface area contributed by atoms with E-state index in [1.807, 2.05) is 12.1 Å². The van der Waals surface area contributed by atoms with E-state index in [9.17, 15) is 4.79 Å². The third-order valence-corrected chi connectivity index (χ3v) is 3.35. The highest BCUT2D eigenvalue weighted by atomic mass is 16.5. The molecule has 1 aromatic rings. The van der Waals surface area contributed by atoms with Crippen LogP contribution < -0.4 is 15.8 Å². The first-order valence-electron chi connectivity index (χ1n) is 7.07. The van der Waals surface area contributed by atoms with Gasteiger partial charge >= 0.3 is 0 Å². The molecule has 1 aliphatic heterocycles. The molecule has 5 heteroatoms. The Labute approximate surface area is 119 Å². The van der Waals surface area contributed by atoms with Gasteiger partial charge in [-0.1, -0.05) is 6.07 Å². The first kappa shape index (κ1) is 14.7. The van der Waals surface area contributed by atoms with Crippen molar-refractivity contribution in [3.63, 3.8) is 0 Å². The van der Waals surface area contributed by atoms with Crippen LogP contribution in [0.2, 0.25) is 0 Å². The van der Waals surface area contributed by atoms with Crippen molar-refractivity contribution in [2.24, 2.45) is 5.92 Å². The normalized spacial score (nSPS) is 17.9. The summed E-state index contributed by atoms with van der Waals surface area (Å²) in [6.07, 6.45) is 2.45. The lowest BCUT2D eigenvalue weighted by Gasteiger charge is -2.09. The molecule has 1 aliphatic rings. The fourth-order valence-electron chi connectivity index (χ4n) is 2.18. The molecule has 1 aromatic carbocycles. The molecule has 110 valence electrons. The van der Waals surface area contributed by atoms with Crippen LogP contribution in [0.25, 0.3) is 0 Å². The van der Waals surface area contributed by atoms with Crippen molar-refractivity contribution in [2.75, 3.05) is 32.1 Å². The molecular formula is C15H22N2O3. The average molecular weight is 278 g/mol. The molecule has 0 radical (unpaired) electrons. The van der Waals surface area contributed by atoms with Gasteiger partial charge in [-0.2, -0.15) is 0 Å². The Morgan fingerprint density at radius 1 is 1.50 bits per heavy atom. The van der Waals surface area contributed by atoms with Crippen LogP contribution in [-0.2, 0) is 9.53 Å². The van der Waals surface area contributed by atoms with Gasteiger partial charge in [0, 0.05) is 31.5 Å². The van der Waals surface area contributed by atoms with Crippen LogP contribution >= 0.6 is 0 Å². The highest BCUT2D eigenvalue weighted by Crippen LogP contribution is 2.15. The minimum Gasteiger partial charge on any atom is -0.493 e. The molecule has 1 saturated heterocycles. The van der Waals surface area contributed by atoms with Crippen molar-refractivity contribution >= 4 is 11.6 Å². The summed E-state index contributed by atoms with van der Waals surface area (Å²) in [6, 6.07) is 7.20. The number of carbonyl (C=O) groups is 1. The van der Waals surface area contributed by atoms with E-state index in [0.717, 1.165) is 26.1 Å². The van der Waals surface area contributed by atoms with Gasteiger partial charge in [0.1, 0.15) is 5.75 Å². The number of benzene rings is 1. The molecule has 0 aliphatic carbocycles. The molecule has 3 N–H and O–H groups in total. The van der Waals surface area contributed by atoms with Gasteiger partial charge in [-0.05, 0) is 30.9 Å². The Hall–Kier alpha value is -1.75. The summed E-state index contributed by atoms with van der Waals surface area (Å²) < 4.78 is 10.8. The van der Waals surface area contributed by atoms with Crippen LogP contribution in [0.1, 0.15) is 19.3 Å². The first-order valence-corrected chi connectivity index (χ1v) is 7.07. The molecule has 5 nitrogen and oxygen atoms in total. The number of hydrogen-bond acceptors (Lipinski definition) is 4. The minimum atomic E-state index is 0.0211. The van der Waals surface area contributed by atoms with Crippen molar-refractivity contribution in [3.8, 4) is 5.75 Å². The zero-order valence-electron chi connectivity index (χ0n) is 11.6. The van der Waals surface area contributed by atoms with E-state index in [1.54, 1.807) is 12.1 Å². The summed E-state index contributed by atoms with van der Waals surface area (Å²) >= 11 is 0. The Kier molecular flexibility index (Phi) is 5.68. The molecule has 0 saturated carbocycles. The minimum absolute atomic E-state index is 0.0211. The molecule has 1 unspecified atom stereocenters. The maximum absolute atomic E-state index is 11.6. The van der Waals surface area contributed by atoms with Gasteiger partial charge in [0.05, 0.1) is 13.0 Å². The zero-order valence-corrected chi connectivity index (χ0v) is 11.6. The van der Waals surface area contributed by atoms with E-state index in [0.29, 0.717) is 36.9 Å². The molecule has 0 bridgehead atoms. The SMILES string of the molecule is Nc1cccc(OCCC(=O)NCCC2CCOC2)c1. The molecular weight excluding hydrogens is 256 g/mol. The second-order valence-electron chi connectivity index (χ2n) is 5.04.